The maximum Gasteiger partial charge on any atom is 0.223 e. The van der Waals surface area contributed by atoms with E-state index in [0.29, 0.717) is 18.0 Å². The molecule has 0 radical (unpaired) electrons. The largest absolute Gasteiger partial charge is 0.393 e. The number of aromatic nitrogens is 1. The normalized spacial score (nSPS) is 11.8. The van der Waals surface area contributed by atoms with Crippen molar-refractivity contribution in [2.24, 2.45) is 11.7 Å². The van der Waals surface area contributed by atoms with Gasteiger partial charge in [0.05, 0.1) is 4.99 Å². The molecule has 0 saturated heterocycles. The van der Waals surface area contributed by atoms with Gasteiger partial charge in [0.15, 0.2) is 0 Å². The molecule has 1 aromatic heterocycles. The summed E-state index contributed by atoms with van der Waals surface area (Å²) in [6.45, 7) is 2.31. The molecule has 0 bridgehead atoms. The number of carbonyl (C=O) groups is 1. The van der Waals surface area contributed by atoms with Gasteiger partial charge in [-0.1, -0.05) is 19.1 Å². The maximum atomic E-state index is 11.6. The average molecular weight is 237 g/mol. The van der Waals surface area contributed by atoms with Crippen LogP contribution in [0.2, 0.25) is 0 Å². The molecule has 0 saturated carbocycles. The zero-order chi connectivity index (χ0) is 12.0. The Kier molecular flexibility index (Phi) is 4.85. The van der Waals surface area contributed by atoms with Gasteiger partial charge >= 0.3 is 0 Å². The molecular formula is C11H15N3OS. The molecule has 0 aromatic carbocycles. The fourth-order valence-electron chi connectivity index (χ4n) is 1.26. The third kappa shape index (κ3) is 4.35. The van der Waals surface area contributed by atoms with E-state index < -0.39 is 0 Å². The van der Waals surface area contributed by atoms with E-state index in [1.54, 1.807) is 19.3 Å². The summed E-state index contributed by atoms with van der Waals surface area (Å²) in [7, 11) is 0. The van der Waals surface area contributed by atoms with Crippen molar-refractivity contribution in [3.05, 3.63) is 30.1 Å². The third-order valence-electron chi connectivity index (χ3n) is 2.17. The van der Waals surface area contributed by atoms with Crippen LogP contribution in [0.25, 0.3) is 0 Å². The number of rotatable bonds is 5. The minimum absolute atomic E-state index is 0.0374. The Morgan fingerprint density at radius 1 is 1.56 bits per heavy atom. The number of hydrogen-bond acceptors (Lipinski definition) is 3. The zero-order valence-corrected chi connectivity index (χ0v) is 9.96. The fourth-order valence-corrected chi connectivity index (χ4v) is 1.51. The summed E-state index contributed by atoms with van der Waals surface area (Å²) >= 11 is 4.76. The van der Waals surface area contributed by atoms with E-state index in [4.69, 9.17) is 18.0 Å². The summed E-state index contributed by atoms with van der Waals surface area (Å²) in [5.74, 6) is -0.219. The number of amides is 1. The van der Waals surface area contributed by atoms with Crippen LogP contribution in [0, 0.1) is 5.92 Å². The van der Waals surface area contributed by atoms with Crippen LogP contribution in [0.4, 0.5) is 0 Å². The van der Waals surface area contributed by atoms with Crippen LogP contribution in [0.1, 0.15) is 18.9 Å². The number of nitrogens with one attached hydrogen (secondary N) is 1. The molecule has 16 heavy (non-hydrogen) atoms. The minimum atomic E-state index is -0.181. The van der Waals surface area contributed by atoms with Crippen molar-refractivity contribution in [2.75, 3.05) is 0 Å². The van der Waals surface area contributed by atoms with Crippen LogP contribution >= 0.6 is 12.2 Å². The summed E-state index contributed by atoms with van der Waals surface area (Å²) < 4.78 is 0. The highest BCUT2D eigenvalue weighted by atomic mass is 32.1. The number of nitrogens with two attached hydrogens (primary N) is 1. The first kappa shape index (κ1) is 12.6. The highest BCUT2D eigenvalue weighted by molar-refractivity contribution is 7.80. The molecule has 4 nitrogen and oxygen atoms in total. The van der Waals surface area contributed by atoms with E-state index in [1.165, 1.54) is 0 Å². The summed E-state index contributed by atoms with van der Waals surface area (Å²) in [4.78, 5) is 15.9. The first-order valence-corrected chi connectivity index (χ1v) is 5.45. The third-order valence-corrected chi connectivity index (χ3v) is 2.34. The summed E-state index contributed by atoms with van der Waals surface area (Å²) in [6.07, 6.45) is 3.83. The second-order valence-electron chi connectivity index (χ2n) is 3.64. The molecule has 1 rings (SSSR count). The molecule has 0 aliphatic heterocycles. The second-order valence-corrected chi connectivity index (χ2v) is 4.17. The van der Waals surface area contributed by atoms with E-state index in [-0.39, 0.29) is 11.8 Å². The topological polar surface area (TPSA) is 68.0 Å². The molecule has 1 heterocycles. The highest BCUT2D eigenvalue weighted by Gasteiger charge is 2.12. The molecule has 0 aliphatic carbocycles. The summed E-state index contributed by atoms with van der Waals surface area (Å²) in [5.41, 5.74) is 6.40. The van der Waals surface area contributed by atoms with Crippen LogP contribution < -0.4 is 11.1 Å². The molecular weight excluding hydrogens is 222 g/mol. The van der Waals surface area contributed by atoms with Crippen molar-refractivity contribution in [1.82, 2.24) is 10.3 Å². The average Bonchev–Trinajstić information content (AvgIpc) is 2.26. The van der Waals surface area contributed by atoms with E-state index in [2.05, 4.69) is 10.3 Å². The van der Waals surface area contributed by atoms with Crippen molar-refractivity contribution in [2.45, 2.75) is 19.9 Å². The van der Waals surface area contributed by atoms with Crippen LogP contribution in [-0.2, 0) is 11.3 Å². The molecule has 5 heteroatoms. The Balaban J connectivity index is 2.38. The van der Waals surface area contributed by atoms with Crippen molar-refractivity contribution in [1.29, 1.82) is 0 Å². The number of nitrogens with zero attached hydrogens (tertiary/aromatic N) is 1. The quantitative estimate of drug-likeness (QED) is 0.750. The van der Waals surface area contributed by atoms with Gasteiger partial charge in [-0.2, -0.15) is 0 Å². The Bertz CT molecular complexity index is 367. The van der Waals surface area contributed by atoms with Gasteiger partial charge in [-0.3, -0.25) is 9.78 Å². The second kappa shape index (κ2) is 6.17. The lowest BCUT2D eigenvalue weighted by molar-refractivity contribution is -0.124. The number of carbonyl (C=O) groups excluding carboxylic acids is 1. The Labute approximate surface area is 100 Å². The molecule has 0 fully saturated rings. The lowest BCUT2D eigenvalue weighted by Crippen LogP contribution is -2.31. The molecule has 1 aromatic rings. The first-order valence-electron chi connectivity index (χ1n) is 5.04. The molecule has 1 amide bonds. The molecule has 1 unspecified atom stereocenters. The van der Waals surface area contributed by atoms with E-state index in [9.17, 15) is 4.79 Å². The predicted molar refractivity (Wildman–Crippen MR) is 66.7 cm³/mol. The van der Waals surface area contributed by atoms with Gasteiger partial charge in [0, 0.05) is 31.3 Å². The first-order chi connectivity index (χ1) is 7.59. The molecule has 0 spiro atoms. The Hall–Kier alpha value is -1.49. The van der Waals surface area contributed by atoms with Crippen LogP contribution in [0.5, 0.6) is 0 Å². The van der Waals surface area contributed by atoms with Gasteiger partial charge in [0.25, 0.3) is 0 Å². The van der Waals surface area contributed by atoms with Gasteiger partial charge < -0.3 is 11.1 Å². The summed E-state index contributed by atoms with van der Waals surface area (Å²) in [6, 6.07) is 3.72. The number of thiocarbonyl (C=S) groups is 1. The van der Waals surface area contributed by atoms with Gasteiger partial charge in [0.1, 0.15) is 0 Å². The van der Waals surface area contributed by atoms with Gasteiger partial charge in [-0.15, -0.1) is 0 Å². The summed E-state index contributed by atoms with van der Waals surface area (Å²) in [5, 5.41) is 2.82. The highest BCUT2D eigenvalue weighted by Crippen LogP contribution is 2.03. The van der Waals surface area contributed by atoms with Crippen LogP contribution in [0.3, 0.4) is 0 Å². The number of hydrogen-bond donors (Lipinski definition) is 2. The van der Waals surface area contributed by atoms with Gasteiger partial charge in [-0.25, -0.2) is 0 Å². The minimum Gasteiger partial charge on any atom is -0.393 e. The van der Waals surface area contributed by atoms with E-state index in [1.807, 2.05) is 12.1 Å². The molecule has 86 valence electrons. The van der Waals surface area contributed by atoms with E-state index in [0.717, 1.165) is 5.56 Å². The SMILES string of the molecule is CC(CC(N)=S)C(=O)NCc1ccncc1. The van der Waals surface area contributed by atoms with Crippen molar-refractivity contribution >= 4 is 23.1 Å². The zero-order valence-electron chi connectivity index (χ0n) is 9.14. The predicted octanol–water partition coefficient (Wildman–Crippen LogP) is 1.01. The van der Waals surface area contributed by atoms with Gasteiger partial charge in [-0.05, 0) is 17.7 Å². The molecule has 3 N–H and O–H groups in total. The Morgan fingerprint density at radius 3 is 2.75 bits per heavy atom. The van der Waals surface area contributed by atoms with Crippen molar-refractivity contribution in [3.63, 3.8) is 0 Å². The standard InChI is InChI=1S/C11H15N3OS/c1-8(6-10(12)16)11(15)14-7-9-2-4-13-5-3-9/h2-5,8H,6-7H2,1H3,(H2,12,16)(H,14,15). The monoisotopic (exact) mass is 237 g/mol. The van der Waals surface area contributed by atoms with Gasteiger partial charge in [0.2, 0.25) is 5.91 Å². The lowest BCUT2D eigenvalue weighted by Gasteiger charge is -2.11. The van der Waals surface area contributed by atoms with Crippen LogP contribution in [0.15, 0.2) is 24.5 Å². The fraction of sp³-hybridized carbons (Fsp3) is 0.364. The smallest absolute Gasteiger partial charge is 0.223 e. The maximum absolute atomic E-state index is 11.6. The molecule has 1 atom stereocenters. The van der Waals surface area contributed by atoms with Crippen molar-refractivity contribution < 1.29 is 4.79 Å². The Morgan fingerprint density at radius 2 is 2.19 bits per heavy atom. The lowest BCUT2D eigenvalue weighted by atomic mass is 10.1. The van der Waals surface area contributed by atoms with E-state index >= 15 is 0 Å². The number of pyridine rings is 1. The van der Waals surface area contributed by atoms with Crippen LogP contribution in [-0.4, -0.2) is 15.9 Å². The van der Waals surface area contributed by atoms with Crippen molar-refractivity contribution in [3.8, 4) is 0 Å². The molecule has 0 aliphatic rings.